The molecule has 2 nitrogen and oxygen atoms in total. The van der Waals surface area contributed by atoms with Gasteiger partial charge in [0.25, 0.3) is 0 Å². The lowest BCUT2D eigenvalue weighted by Crippen LogP contribution is -2.11. The Kier molecular flexibility index (Phi) is 8.12. The first-order valence-corrected chi connectivity index (χ1v) is 22.3. The van der Waals surface area contributed by atoms with Gasteiger partial charge in [-0.05, 0) is 97.7 Å². The van der Waals surface area contributed by atoms with Gasteiger partial charge in [-0.25, -0.2) is 0 Å². The van der Waals surface area contributed by atoms with Crippen LogP contribution in [0.1, 0.15) is 0 Å². The maximum Gasteiger partial charge on any atom is 0.143 e. The molecule has 13 rings (SSSR count). The second-order valence-electron chi connectivity index (χ2n) is 16.4. The average Bonchev–Trinajstić information content (AvgIpc) is 3.94. The number of fused-ring (bicyclic) bond motifs is 11. The van der Waals surface area contributed by atoms with Crippen LogP contribution in [-0.2, 0) is 0 Å². The molecule has 294 valence electrons. The SMILES string of the molecule is c1ccc(N(c2ccc(-c3ccc4c(ccc5ccccc54)c3)cc2)c2ccc(-c3cccc4c3sc3ccccc34)cc2)c(-c2cccc3c2oc2c4ccccc4ccc32)c1. The van der Waals surface area contributed by atoms with Gasteiger partial charge in [-0.15, -0.1) is 11.3 Å². The van der Waals surface area contributed by atoms with Crippen molar-refractivity contribution < 1.29 is 4.42 Å². The maximum atomic E-state index is 6.92. The molecule has 0 fully saturated rings. The number of hydrogen-bond donors (Lipinski definition) is 0. The average molecular weight is 820 g/mol. The maximum absolute atomic E-state index is 6.92. The molecule has 13 aromatic rings. The van der Waals surface area contributed by atoms with Crippen molar-refractivity contribution in [2.45, 2.75) is 0 Å². The van der Waals surface area contributed by atoms with Gasteiger partial charge in [0.15, 0.2) is 0 Å². The predicted octanol–water partition coefficient (Wildman–Crippen LogP) is 17.9. The lowest BCUT2D eigenvalue weighted by Gasteiger charge is -2.28. The first-order chi connectivity index (χ1) is 31.2. The number of benzene rings is 11. The molecule has 0 aliphatic heterocycles. The molecular weight excluding hydrogens is 783 g/mol. The Morgan fingerprint density at radius 1 is 0.317 bits per heavy atom. The van der Waals surface area contributed by atoms with Crippen molar-refractivity contribution in [2.24, 2.45) is 0 Å². The van der Waals surface area contributed by atoms with E-state index in [9.17, 15) is 0 Å². The summed E-state index contributed by atoms with van der Waals surface area (Å²) in [5.74, 6) is 0. The molecule has 3 heteroatoms. The molecule has 63 heavy (non-hydrogen) atoms. The molecule has 0 atom stereocenters. The largest absolute Gasteiger partial charge is 0.455 e. The summed E-state index contributed by atoms with van der Waals surface area (Å²) in [5, 5.41) is 12.2. The lowest BCUT2D eigenvalue weighted by molar-refractivity contribution is 0.674. The van der Waals surface area contributed by atoms with Crippen LogP contribution in [0.25, 0.3) is 108 Å². The standard InChI is InChI=1S/C60H37NOS/c1-3-13-46-39(11-1)23-24-43-37-42(30-35-47(43)46)38-25-31-44(32-26-38)61(45-33-27-41(28-34-45)49-17-9-20-55-51-16-6-8-22-57(51)63-60(49)55)56-21-7-5-15-50(56)52-18-10-19-53-54-36-29-40-12-2-4-14-48(40)58(54)62-59(52)53/h1-37H. The second kappa shape index (κ2) is 14.3. The van der Waals surface area contributed by atoms with E-state index in [1.165, 1.54) is 69.4 Å². The highest BCUT2D eigenvalue weighted by Crippen LogP contribution is 2.46. The van der Waals surface area contributed by atoms with Crippen molar-refractivity contribution in [1.82, 2.24) is 0 Å². The molecule has 0 radical (unpaired) electrons. The van der Waals surface area contributed by atoms with E-state index in [1.54, 1.807) is 0 Å². The number of thiophene rings is 1. The predicted molar refractivity (Wildman–Crippen MR) is 270 cm³/mol. The van der Waals surface area contributed by atoms with Crippen LogP contribution in [-0.4, -0.2) is 0 Å². The van der Waals surface area contributed by atoms with Crippen LogP contribution < -0.4 is 4.90 Å². The molecular formula is C60H37NOS. The Morgan fingerprint density at radius 3 is 1.68 bits per heavy atom. The number of anilines is 3. The second-order valence-corrected chi connectivity index (χ2v) is 17.4. The molecule has 0 saturated carbocycles. The summed E-state index contributed by atoms with van der Waals surface area (Å²) in [5.41, 5.74) is 12.0. The molecule has 0 spiro atoms. The van der Waals surface area contributed by atoms with Crippen LogP contribution in [0, 0.1) is 0 Å². The van der Waals surface area contributed by atoms with Crippen LogP contribution in [0.3, 0.4) is 0 Å². The quantitative estimate of drug-likeness (QED) is 0.155. The molecule has 0 N–H and O–H groups in total. The number of nitrogens with zero attached hydrogens (tertiary/aromatic N) is 1. The molecule has 0 bridgehead atoms. The van der Waals surface area contributed by atoms with Crippen LogP contribution in [0.4, 0.5) is 17.1 Å². The van der Waals surface area contributed by atoms with E-state index >= 15 is 0 Å². The Labute approximate surface area is 368 Å². The minimum Gasteiger partial charge on any atom is -0.455 e. The van der Waals surface area contributed by atoms with E-state index in [1.807, 2.05) is 11.3 Å². The molecule has 0 aliphatic carbocycles. The molecule has 0 amide bonds. The van der Waals surface area contributed by atoms with E-state index in [-0.39, 0.29) is 0 Å². The topological polar surface area (TPSA) is 16.4 Å². The first-order valence-electron chi connectivity index (χ1n) is 21.5. The van der Waals surface area contributed by atoms with E-state index in [0.29, 0.717) is 0 Å². The fourth-order valence-corrected chi connectivity index (χ4v) is 11.1. The van der Waals surface area contributed by atoms with Gasteiger partial charge in [-0.2, -0.15) is 0 Å². The molecule has 2 aromatic heterocycles. The monoisotopic (exact) mass is 819 g/mol. The highest BCUT2D eigenvalue weighted by molar-refractivity contribution is 7.26. The van der Waals surface area contributed by atoms with Gasteiger partial charge in [0.2, 0.25) is 0 Å². The number of hydrogen-bond acceptors (Lipinski definition) is 3. The summed E-state index contributed by atoms with van der Waals surface area (Å²) in [7, 11) is 0. The summed E-state index contributed by atoms with van der Waals surface area (Å²) in [4.78, 5) is 2.40. The van der Waals surface area contributed by atoms with Crippen molar-refractivity contribution in [2.75, 3.05) is 4.90 Å². The van der Waals surface area contributed by atoms with Gasteiger partial charge in [0.1, 0.15) is 11.2 Å². The van der Waals surface area contributed by atoms with Crippen molar-refractivity contribution in [3.63, 3.8) is 0 Å². The van der Waals surface area contributed by atoms with Crippen LogP contribution >= 0.6 is 11.3 Å². The van der Waals surface area contributed by atoms with E-state index in [2.05, 4.69) is 229 Å². The lowest BCUT2D eigenvalue weighted by atomic mass is 9.97. The zero-order valence-electron chi connectivity index (χ0n) is 34.1. The summed E-state index contributed by atoms with van der Waals surface area (Å²) < 4.78 is 9.55. The number of rotatable bonds is 6. The van der Waals surface area contributed by atoms with Gasteiger partial charge in [0.05, 0.1) is 5.69 Å². The van der Waals surface area contributed by atoms with E-state index in [4.69, 9.17) is 4.42 Å². The smallest absolute Gasteiger partial charge is 0.143 e. The van der Waals surface area contributed by atoms with Gasteiger partial charge in [0, 0.05) is 58.8 Å². The molecule has 0 unspecified atom stereocenters. The van der Waals surface area contributed by atoms with Crippen molar-refractivity contribution in [3.05, 3.63) is 224 Å². The third-order valence-electron chi connectivity index (χ3n) is 12.9. The Balaban J connectivity index is 0.961. The fourth-order valence-electron chi connectivity index (χ4n) is 9.82. The molecule has 0 saturated heterocycles. The fraction of sp³-hybridized carbons (Fsp3) is 0. The van der Waals surface area contributed by atoms with E-state index < -0.39 is 0 Å². The third-order valence-corrected chi connectivity index (χ3v) is 14.1. The number of furan rings is 1. The number of para-hydroxylation sites is 2. The summed E-state index contributed by atoms with van der Waals surface area (Å²) in [6.07, 6.45) is 0. The van der Waals surface area contributed by atoms with Gasteiger partial charge < -0.3 is 9.32 Å². The van der Waals surface area contributed by atoms with Crippen molar-refractivity contribution in [1.29, 1.82) is 0 Å². The normalized spacial score (nSPS) is 11.8. The van der Waals surface area contributed by atoms with Crippen LogP contribution in [0.5, 0.6) is 0 Å². The first kappa shape index (κ1) is 35.7. The van der Waals surface area contributed by atoms with Crippen molar-refractivity contribution in [3.8, 4) is 33.4 Å². The van der Waals surface area contributed by atoms with Gasteiger partial charge in [-0.3, -0.25) is 0 Å². The minimum absolute atomic E-state index is 0.891. The molecule has 2 heterocycles. The molecule has 11 aromatic carbocycles. The zero-order chi connectivity index (χ0) is 41.4. The van der Waals surface area contributed by atoms with Crippen molar-refractivity contribution >= 4 is 103 Å². The Morgan fingerprint density at radius 2 is 0.857 bits per heavy atom. The van der Waals surface area contributed by atoms with Gasteiger partial charge >= 0.3 is 0 Å². The third kappa shape index (κ3) is 5.78. The highest BCUT2D eigenvalue weighted by Gasteiger charge is 2.21. The van der Waals surface area contributed by atoms with E-state index in [0.717, 1.165) is 55.5 Å². The summed E-state index contributed by atoms with van der Waals surface area (Å²) in [6, 6.07) is 81.6. The van der Waals surface area contributed by atoms with Crippen LogP contribution in [0.2, 0.25) is 0 Å². The minimum atomic E-state index is 0.891. The Hall–Kier alpha value is -7.98. The molecule has 0 aliphatic rings. The summed E-state index contributed by atoms with van der Waals surface area (Å²) in [6.45, 7) is 0. The summed E-state index contributed by atoms with van der Waals surface area (Å²) >= 11 is 1.87. The Bertz CT molecular complexity index is 3910. The van der Waals surface area contributed by atoms with Gasteiger partial charge in [-0.1, -0.05) is 176 Å². The zero-order valence-corrected chi connectivity index (χ0v) is 34.9. The highest BCUT2D eigenvalue weighted by atomic mass is 32.1. The van der Waals surface area contributed by atoms with Crippen LogP contribution in [0.15, 0.2) is 229 Å².